The van der Waals surface area contributed by atoms with E-state index in [1.165, 1.54) is 5.56 Å². The smallest absolute Gasteiger partial charge is 0.0537 e. The Hall–Kier alpha value is -0.330. The molecule has 1 aromatic heterocycles. The second-order valence-electron chi connectivity index (χ2n) is 4.51. The lowest BCUT2D eigenvalue weighted by molar-refractivity contribution is 0.232. The average Bonchev–Trinajstić information content (AvgIpc) is 2.78. The summed E-state index contributed by atoms with van der Waals surface area (Å²) in [6.07, 6.45) is 3.96. The lowest BCUT2D eigenvalue weighted by atomic mass is 10.1. The molecule has 2 rings (SSSR count). The summed E-state index contributed by atoms with van der Waals surface area (Å²) in [5.74, 6) is 3.88. The van der Waals surface area contributed by atoms with Crippen molar-refractivity contribution in [2.24, 2.45) is 7.05 Å². The third kappa shape index (κ3) is 3.59. The molecule has 2 atom stereocenters. The van der Waals surface area contributed by atoms with Crippen LogP contribution in [0.2, 0.25) is 0 Å². The van der Waals surface area contributed by atoms with E-state index in [1.54, 1.807) is 0 Å². The van der Waals surface area contributed by atoms with Crippen LogP contribution in [0.5, 0.6) is 0 Å². The zero-order valence-electron chi connectivity index (χ0n) is 11.0. The van der Waals surface area contributed by atoms with Crippen molar-refractivity contribution in [2.45, 2.75) is 13.0 Å². The maximum Gasteiger partial charge on any atom is 0.0537 e. The van der Waals surface area contributed by atoms with Gasteiger partial charge in [0.15, 0.2) is 0 Å². The zero-order chi connectivity index (χ0) is 13.0. The third-order valence-electron chi connectivity index (χ3n) is 3.23. The van der Waals surface area contributed by atoms with Crippen molar-refractivity contribution in [1.82, 2.24) is 14.7 Å². The molecule has 0 spiro atoms. The van der Waals surface area contributed by atoms with Gasteiger partial charge in [0.1, 0.15) is 0 Å². The summed E-state index contributed by atoms with van der Waals surface area (Å²) in [6, 6.07) is 0.283. The Morgan fingerprint density at radius 1 is 1.61 bits per heavy atom. The lowest BCUT2D eigenvalue weighted by Gasteiger charge is -2.34. The van der Waals surface area contributed by atoms with Gasteiger partial charge in [-0.1, -0.05) is 6.92 Å². The van der Waals surface area contributed by atoms with Crippen molar-refractivity contribution >= 4 is 22.6 Å². The Balaban J connectivity index is 2.03. The molecule has 0 aromatic carbocycles. The molecule has 1 fully saturated rings. The summed E-state index contributed by atoms with van der Waals surface area (Å²) in [4.78, 5) is 2.46. The molecule has 0 amide bonds. The number of aryl methyl sites for hydroxylation is 1. The standard InChI is InChI=1S/C12H21N3OS2/c1-3-17-6-4-15-5-7-18(16)10-12(15)11-8-13-14(2)9-11/h8-9,12H,3-7,10H2,1-2H3. The molecule has 0 saturated carbocycles. The number of hydrogen-bond donors (Lipinski definition) is 0. The Morgan fingerprint density at radius 2 is 2.44 bits per heavy atom. The van der Waals surface area contributed by atoms with E-state index >= 15 is 0 Å². The van der Waals surface area contributed by atoms with Crippen LogP contribution in [0.3, 0.4) is 0 Å². The van der Waals surface area contributed by atoms with Crippen molar-refractivity contribution in [3.63, 3.8) is 0 Å². The van der Waals surface area contributed by atoms with Crippen molar-refractivity contribution < 1.29 is 4.21 Å². The summed E-state index contributed by atoms with van der Waals surface area (Å²) in [7, 11) is 1.26. The highest BCUT2D eigenvalue weighted by molar-refractivity contribution is 7.99. The van der Waals surface area contributed by atoms with Crippen LogP contribution in [0.25, 0.3) is 0 Å². The van der Waals surface area contributed by atoms with Crippen LogP contribution in [0.1, 0.15) is 18.5 Å². The van der Waals surface area contributed by atoms with Gasteiger partial charge in [0.25, 0.3) is 0 Å². The van der Waals surface area contributed by atoms with E-state index in [0.717, 1.165) is 36.1 Å². The van der Waals surface area contributed by atoms with Crippen molar-refractivity contribution in [2.75, 3.05) is 36.1 Å². The summed E-state index contributed by atoms with van der Waals surface area (Å²) in [5.41, 5.74) is 1.20. The minimum atomic E-state index is -0.675. The van der Waals surface area contributed by atoms with Gasteiger partial charge < -0.3 is 0 Å². The van der Waals surface area contributed by atoms with E-state index in [1.807, 2.05) is 35.9 Å². The average molecular weight is 287 g/mol. The van der Waals surface area contributed by atoms with E-state index < -0.39 is 10.8 Å². The van der Waals surface area contributed by atoms with Crippen molar-refractivity contribution in [1.29, 1.82) is 0 Å². The number of hydrogen-bond acceptors (Lipinski definition) is 4. The molecule has 0 bridgehead atoms. The molecule has 1 aliphatic rings. The maximum atomic E-state index is 11.8. The van der Waals surface area contributed by atoms with Crippen LogP contribution >= 0.6 is 11.8 Å². The van der Waals surface area contributed by atoms with E-state index in [4.69, 9.17) is 0 Å². The van der Waals surface area contributed by atoms with Crippen LogP contribution < -0.4 is 0 Å². The van der Waals surface area contributed by atoms with Crippen LogP contribution in [0, 0.1) is 0 Å². The van der Waals surface area contributed by atoms with Gasteiger partial charge in [-0.05, 0) is 5.75 Å². The van der Waals surface area contributed by atoms with Gasteiger partial charge in [-0.2, -0.15) is 16.9 Å². The Bertz CT molecular complexity index is 408. The van der Waals surface area contributed by atoms with Gasteiger partial charge in [-0.25, -0.2) is 0 Å². The van der Waals surface area contributed by atoms with Crippen molar-refractivity contribution in [3.05, 3.63) is 18.0 Å². The number of thioether (sulfide) groups is 1. The van der Waals surface area contributed by atoms with Crippen LogP contribution in [-0.2, 0) is 17.8 Å². The van der Waals surface area contributed by atoms with Crippen LogP contribution in [-0.4, -0.2) is 55.0 Å². The third-order valence-corrected chi connectivity index (χ3v) is 5.43. The summed E-state index contributed by atoms with van der Waals surface area (Å²) in [5, 5.41) is 4.23. The molecule has 4 nitrogen and oxygen atoms in total. The van der Waals surface area contributed by atoms with Gasteiger partial charge in [0.05, 0.1) is 6.20 Å². The fourth-order valence-corrected chi connectivity index (χ4v) is 4.27. The number of nitrogens with zero attached hydrogens (tertiary/aromatic N) is 3. The first kappa shape index (κ1) is 14.1. The largest absolute Gasteiger partial charge is 0.294 e. The lowest BCUT2D eigenvalue weighted by Crippen LogP contribution is -2.41. The molecule has 1 aliphatic heterocycles. The summed E-state index contributed by atoms with van der Waals surface area (Å²) < 4.78 is 13.6. The van der Waals surface area contributed by atoms with Crippen LogP contribution in [0.15, 0.2) is 12.4 Å². The van der Waals surface area contributed by atoms with Gasteiger partial charge in [0.2, 0.25) is 0 Å². The second-order valence-corrected chi connectivity index (χ2v) is 7.52. The molecule has 0 aliphatic carbocycles. The Kier molecular flexibility index (Phi) is 5.26. The Morgan fingerprint density at radius 3 is 3.11 bits per heavy atom. The molecule has 6 heteroatoms. The number of aromatic nitrogens is 2. The molecule has 2 unspecified atom stereocenters. The quantitative estimate of drug-likeness (QED) is 0.765. The highest BCUT2D eigenvalue weighted by atomic mass is 32.2. The maximum absolute atomic E-state index is 11.8. The van der Waals surface area contributed by atoms with E-state index in [9.17, 15) is 4.21 Å². The molecular formula is C12H21N3OS2. The molecule has 18 heavy (non-hydrogen) atoms. The van der Waals surface area contributed by atoms with Crippen molar-refractivity contribution in [3.8, 4) is 0 Å². The van der Waals surface area contributed by atoms with E-state index in [2.05, 4.69) is 16.9 Å². The fourth-order valence-electron chi connectivity index (χ4n) is 2.25. The minimum Gasteiger partial charge on any atom is -0.294 e. The SMILES string of the molecule is CCSCCN1CCS(=O)CC1c1cnn(C)c1. The Labute approximate surface area is 116 Å². The molecular weight excluding hydrogens is 266 g/mol. The molecule has 102 valence electrons. The second kappa shape index (κ2) is 6.73. The topological polar surface area (TPSA) is 38.1 Å². The van der Waals surface area contributed by atoms with Gasteiger partial charge in [-0.15, -0.1) is 0 Å². The first-order valence-corrected chi connectivity index (χ1v) is 9.00. The molecule has 1 saturated heterocycles. The van der Waals surface area contributed by atoms with E-state index in [0.29, 0.717) is 0 Å². The first-order chi connectivity index (χ1) is 8.70. The molecule has 1 aromatic rings. The zero-order valence-corrected chi connectivity index (χ0v) is 12.7. The van der Waals surface area contributed by atoms with E-state index in [-0.39, 0.29) is 6.04 Å². The summed E-state index contributed by atoms with van der Waals surface area (Å²) >= 11 is 1.97. The van der Waals surface area contributed by atoms with Gasteiger partial charge >= 0.3 is 0 Å². The summed E-state index contributed by atoms with van der Waals surface area (Å²) in [6.45, 7) is 4.21. The highest BCUT2D eigenvalue weighted by Crippen LogP contribution is 2.25. The normalized spacial score (nSPS) is 25.4. The number of rotatable bonds is 5. The highest BCUT2D eigenvalue weighted by Gasteiger charge is 2.28. The minimum absolute atomic E-state index is 0.283. The fraction of sp³-hybridized carbons (Fsp3) is 0.750. The van der Waals surface area contributed by atoms with Gasteiger partial charge in [-0.3, -0.25) is 13.8 Å². The van der Waals surface area contributed by atoms with Crippen LogP contribution in [0.4, 0.5) is 0 Å². The molecule has 2 heterocycles. The van der Waals surface area contributed by atoms with Gasteiger partial charge in [0, 0.05) is 66.0 Å². The molecule has 0 N–H and O–H groups in total. The first-order valence-electron chi connectivity index (χ1n) is 6.36. The predicted molar refractivity (Wildman–Crippen MR) is 78.4 cm³/mol. The predicted octanol–water partition coefficient (Wildman–Crippen LogP) is 1.28. The monoisotopic (exact) mass is 287 g/mol. The molecule has 0 radical (unpaired) electrons.